The average Bonchev–Trinajstić information content (AvgIpc) is 2.89. The Kier molecular flexibility index (Phi) is 3.32. The van der Waals surface area contributed by atoms with Gasteiger partial charge in [-0.15, -0.1) is 0 Å². The van der Waals surface area contributed by atoms with Crippen molar-refractivity contribution in [2.24, 2.45) is 11.8 Å². The molecule has 3 rings (SSSR count). The van der Waals surface area contributed by atoms with Crippen LogP contribution in [-0.4, -0.2) is 30.1 Å². The van der Waals surface area contributed by atoms with Gasteiger partial charge in [0.2, 0.25) is 0 Å². The molecule has 2 fully saturated rings. The van der Waals surface area contributed by atoms with Crippen LogP contribution in [0.2, 0.25) is 5.02 Å². The molecule has 4 heteroatoms. The summed E-state index contributed by atoms with van der Waals surface area (Å²) < 4.78 is 13.9. The summed E-state index contributed by atoms with van der Waals surface area (Å²) in [7, 11) is 0. The number of fused-ring (bicyclic) bond motifs is 1. The molecule has 104 valence electrons. The SMILES string of the molecule is CC1(C)C2CNCC2CN1Cc1cc(Cl)ccc1F. The Bertz CT molecular complexity index is 489. The third kappa shape index (κ3) is 2.28. The second-order valence-corrected chi connectivity index (χ2v) is 6.73. The van der Waals surface area contributed by atoms with E-state index in [2.05, 4.69) is 24.1 Å². The van der Waals surface area contributed by atoms with Crippen LogP contribution < -0.4 is 5.32 Å². The molecule has 2 saturated heterocycles. The highest BCUT2D eigenvalue weighted by atomic mass is 35.5. The Morgan fingerprint density at radius 3 is 2.95 bits per heavy atom. The van der Waals surface area contributed by atoms with Crippen LogP contribution in [0.15, 0.2) is 18.2 Å². The van der Waals surface area contributed by atoms with Crippen molar-refractivity contribution in [2.75, 3.05) is 19.6 Å². The number of hydrogen-bond donors (Lipinski definition) is 1. The number of benzene rings is 1. The van der Waals surface area contributed by atoms with Gasteiger partial charge in [-0.3, -0.25) is 4.90 Å². The van der Waals surface area contributed by atoms with Gasteiger partial charge in [0.25, 0.3) is 0 Å². The Morgan fingerprint density at radius 1 is 1.42 bits per heavy atom. The van der Waals surface area contributed by atoms with E-state index in [0.717, 1.165) is 19.6 Å². The molecular weight excluding hydrogens is 263 g/mol. The lowest BCUT2D eigenvalue weighted by Gasteiger charge is -2.35. The van der Waals surface area contributed by atoms with Crippen LogP contribution in [-0.2, 0) is 6.54 Å². The molecule has 0 aliphatic carbocycles. The van der Waals surface area contributed by atoms with Crippen molar-refractivity contribution in [3.05, 3.63) is 34.6 Å². The molecule has 2 aliphatic rings. The summed E-state index contributed by atoms with van der Waals surface area (Å²) in [6.45, 7) is 8.39. The van der Waals surface area contributed by atoms with Crippen molar-refractivity contribution in [1.82, 2.24) is 10.2 Å². The van der Waals surface area contributed by atoms with Gasteiger partial charge in [0.15, 0.2) is 0 Å². The largest absolute Gasteiger partial charge is 0.316 e. The van der Waals surface area contributed by atoms with Gasteiger partial charge in [0.05, 0.1) is 0 Å². The van der Waals surface area contributed by atoms with E-state index in [0.29, 0.717) is 29.0 Å². The standard InChI is InChI=1S/C15H20ClFN2/c1-15(2)13-7-18-6-11(13)9-19(15)8-10-5-12(16)3-4-14(10)17/h3-5,11,13,18H,6-9H2,1-2H3. The molecule has 0 amide bonds. The van der Waals surface area contributed by atoms with Gasteiger partial charge in [0, 0.05) is 35.8 Å². The van der Waals surface area contributed by atoms with E-state index in [1.807, 2.05) is 0 Å². The number of hydrogen-bond acceptors (Lipinski definition) is 2. The quantitative estimate of drug-likeness (QED) is 0.897. The third-order valence-electron chi connectivity index (χ3n) is 4.89. The van der Waals surface area contributed by atoms with Crippen molar-refractivity contribution in [3.63, 3.8) is 0 Å². The average molecular weight is 283 g/mol. The second kappa shape index (κ2) is 4.72. The van der Waals surface area contributed by atoms with Crippen molar-refractivity contribution >= 4 is 11.6 Å². The maximum atomic E-state index is 13.9. The van der Waals surface area contributed by atoms with Crippen LogP contribution in [0.25, 0.3) is 0 Å². The zero-order valence-electron chi connectivity index (χ0n) is 11.4. The molecule has 1 N–H and O–H groups in total. The minimum absolute atomic E-state index is 0.114. The summed E-state index contributed by atoms with van der Waals surface area (Å²) in [6, 6.07) is 4.82. The smallest absolute Gasteiger partial charge is 0.127 e. The molecule has 0 spiro atoms. The van der Waals surface area contributed by atoms with Gasteiger partial charge >= 0.3 is 0 Å². The molecular formula is C15H20ClFN2. The van der Waals surface area contributed by atoms with Gasteiger partial charge in [-0.2, -0.15) is 0 Å². The highest BCUT2D eigenvalue weighted by molar-refractivity contribution is 6.30. The normalized spacial score (nSPS) is 29.7. The summed E-state index contributed by atoms with van der Waals surface area (Å²) in [5.74, 6) is 1.20. The zero-order valence-corrected chi connectivity index (χ0v) is 12.2. The van der Waals surface area contributed by atoms with Gasteiger partial charge in [0.1, 0.15) is 5.82 Å². The minimum atomic E-state index is -0.157. The van der Waals surface area contributed by atoms with E-state index in [1.54, 1.807) is 12.1 Å². The number of rotatable bonds is 2. The van der Waals surface area contributed by atoms with Crippen LogP contribution in [0.1, 0.15) is 19.4 Å². The number of nitrogens with zero attached hydrogens (tertiary/aromatic N) is 1. The molecule has 19 heavy (non-hydrogen) atoms. The fraction of sp³-hybridized carbons (Fsp3) is 0.600. The lowest BCUT2D eigenvalue weighted by Crippen LogP contribution is -2.44. The van der Waals surface area contributed by atoms with Crippen LogP contribution in [0.3, 0.4) is 0 Å². The number of nitrogens with one attached hydrogen (secondary N) is 1. The molecule has 0 radical (unpaired) electrons. The van der Waals surface area contributed by atoms with E-state index in [4.69, 9.17) is 11.6 Å². The van der Waals surface area contributed by atoms with Crippen molar-refractivity contribution in [3.8, 4) is 0 Å². The second-order valence-electron chi connectivity index (χ2n) is 6.29. The fourth-order valence-corrected chi connectivity index (χ4v) is 3.84. The fourth-order valence-electron chi connectivity index (χ4n) is 3.64. The van der Waals surface area contributed by atoms with Gasteiger partial charge < -0.3 is 5.32 Å². The maximum absolute atomic E-state index is 13.9. The molecule has 2 atom stereocenters. The minimum Gasteiger partial charge on any atom is -0.316 e. The van der Waals surface area contributed by atoms with Gasteiger partial charge in [-0.1, -0.05) is 11.6 Å². The van der Waals surface area contributed by atoms with Gasteiger partial charge in [-0.05, 0) is 50.4 Å². The Balaban J connectivity index is 1.82. The first-order valence-electron chi connectivity index (χ1n) is 6.88. The van der Waals surface area contributed by atoms with Crippen molar-refractivity contribution < 1.29 is 4.39 Å². The molecule has 2 nitrogen and oxygen atoms in total. The molecule has 2 aliphatic heterocycles. The monoisotopic (exact) mass is 282 g/mol. The van der Waals surface area contributed by atoms with Gasteiger partial charge in [-0.25, -0.2) is 4.39 Å². The lowest BCUT2D eigenvalue weighted by molar-refractivity contribution is 0.130. The highest BCUT2D eigenvalue weighted by Gasteiger charge is 2.49. The van der Waals surface area contributed by atoms with Crippen molar-refractivity contribution in [1.29, 1.82) is 0 Å². The van der Waals surface area contributed by atoms with Crippen LogP contribution in [0.4, 0.5) is 4.39 Å². The van der Waals surface area contributed by atoms with Crippen LogP contribution >= 0.6 is 11.6 Å². The zero-order chi connectivity index (χ0) is 13.6. The van der Waals surface area contributed by atoms with E-state index in [9.17, 15) is 4.39 Å². The van der Waals surface area contributed by atoms with E-state index < -0.39 is 0 Å². The Hall–Kier alpha value is -0.640. The Labute approximate surface area is 118 Å². The summed E-state index contributed by atoms with van der Waals surface area (Å²) in [6.07, 6.45) is 0. The summed E-state index contributed by atoms with van der Waals surface area (Å²) in [4.78, 5) is 2.40. The molecule has 1 aromatic rings. The topological polar surface area (TPSA) is 15.3 Å². The van der Waals surface area contributed by atoms with Crippen LogP contribution in [0, 0.1) is 17.7 Å². The van der Waals surface area contributed by atoms with E-state index >= 15 is 0 Å². The lowest BCUT2D eigenvalue weighted by atomic mass is 9.85. The highest BCUT2D eigenvalue weighted by Crippen LogP contribution is 2.41. The first kappa shape index (κ1) is 13.3. The molecule has 0 bridgehead atoms. The van der Waals surface area contributed by atoms with E-state index in [-0.39, 0.29) is 11.4 Å². The maximum Gasteiger partial charge on any atom is 0.127 e. The predicted octanol–water partition coefficient (Wildman–Crippen LogP) is 2.91. The number of likely N-dealkylation sites (tertiary alicyclic amines) is 1. The van der Waals surface area contributed by atoms with Crippen molar-refractivity contribution in [2.45, 2.75) is 25.9 Å². The molecule has 2 heterocycles. The molecule has 2 unspecified atom stereocenters. The first-order valence-corrected chi connectivity index (χ1v) is 7.26. The third-order valence-corrected chi connectivity index (χ3v) is 5.12. The Morgan fingerprint density at radius 2 is 2.21 bits per heavy atom. The summed E-state index contributed by atoms with van der Waals surface area (Å²) in [5.41, 5.74) is 0.816. The number of halogens is 2. The summed E-state index contributed by atoms with van der Waals surface area (Å²) >= 11 is 5.97. The molecule has 0 saturated carbocycles. The van der Waals surface area contributed by atoms with E-state index in [1.165, 1.54) is 6.07 Å². The molecule has 0 aromatic heterocycles. The van der Waals surface area contributed by atoms with Crippen LogP contribution in [0.5, 0.6) is 0 Å². The summed E-state index contributed by atoms with van der Waals surface area (Å²) in [5, 5.41) is 4.07. The first-order chi connectivity index (χ1) is 8.98. The predicted molar refractivity (Wildman–Crippen MR) is 75.7 cm³/mol. The molecule has 1 aromatic carbocycles.